The SMILES string of the molecule is O=c1cc2c(nn1C1COCC1Nc1cc(C(F)(F)F)ncn1)CCC2. The van der Waals surface area contributed by atoms with E-state index in [0.717, 1.165) is 42.9 Å². The maximum atomic E-state index is 12.8. The highest BCUT2D eigenvalue weighted by molar-refractivity contribution is 5.37. The van der Waals surface area contributed by atoms with E-state index < -0.39 is 24.0 Å². The molecule has 0 radical (unpaired) electrons. The molecule has 2 aromatic rings. The summed E-state index contributed by atoms with van der Waals surface area (Å²) in [5.41, 5.74) is 0.613. The lowest BCUT2D eigenvalue weighted by Crippen LogP contribution is -2.38. The molecule has 1 fully saturated rings. The molecule has 7 nitrogen and oxygen atoms in total. The van der Waals surface area contributed by atoms with Crippen molar-refractivity contribution in [2.75, 3.05) is 18.5 Å². The van der Waals surface area contributed by atoms with Gasteiger partial charge in [-0.25, -0.2) is 14.6 Å². The number of nitrogens with one attached hydrogen (secondary N) is 1. The molecule has 0 saturated carbocycles. The summed E-state index contributed by atoms with van der Waals surface area (Å²) in [5.74, 6) is 0.0297. The van der Waals surface area contributed by atoms with Crippen LogP contribution in [0.1, 0.15) is 29.4 Å². The molecule has 1 N–H and O–H groups in total. The van der Waals surface area contributed by atoms with Gasteiger partial charge in [0.2, 0.25) is 0 Å². The number of halogens is 3. The predicted octanol–water partition coefficient (Wildman–Crippen LogP) is 1.59. The van der Waals surface area contributed by atoms with Crippen LogP contribution in [0.15, 0.2) is 23.3 Å². The summed E-state index contributed by atoms with van der Waals surface area (Å²) < 4.78 is 45.2. The fraction of sp³-hybridized carbons (Fsp3) is 0.500. The Morgan fingerprint density at radius 1 is 1.19 bits per heavy atom. The minimum Gasteiger partial charge on any atom is -0.377 e. The molecule has 1 saturated heterocycles. The Hall–Kier alpha value is -2.49. The van der Waals surface area contributed by atoms with E-state index in [-0.39, 0.29) is 24.6 Å². The standard InChI is InChI=1S/C16H16F3N5O2/c17-16(18,19)13-5-14(21-8-20-13)22-11-6-26-7-12(11)24-15(25)4-9-2-1-3-10(9)23-24/h4-5,8,11-12H,1-3,6-7H2,(H,20,21,22). The monoisotopic (exact) mass is 367 g/mol. The Morgan fingerprint density at radius 2 is 2.04 bits per heavy atom. The Balaban J connectivity index is 1.59. The smallest absolute Gasteiger partial charge is 0.377 e. The number of hydrogen-bond donors (Lipinski definition) is 1. The maximum absolute atomic E-state index is 12.8. The first-order chi connectivity index (χ1) is 12.4. The zero-order valence-electron chi connectivity index (χ0n) is 13.7. The van der Waals surface area contributed by atoms with Gasteiger partial charge >= 0.3 is 6.18 Å². The third-order valence-corrected chi connectivity index (χ3v) is 4.64. The van der Waals surface area contributed by atoms with Gasteiger partial charge in [0.1, 0.15) is 23.9 Å². The molecule has 0 spiro atoms. The van der Waals surface area contributed by atoms with Gasteiger partial charge in [0.15, 0.2) is 0 Å². The van der Waals surface area contributed by atoms with Crippen molar-refractivity contribution in [3.63, 3.8) is 0 Å². The molecule has 0 aromatic carbocycles. The topological polar surface area (TPSA) is 81.9 Å². The maximum Gasteiger partial charge on any atom is 0.433 e. The second kappa shape index (κ2) is 6.35. The summed E-state index contributed by atoms with van der Waals surface area (Å²) in [7, 11) is 0. The minimum atomic E-state index is -4.55. The highest BCUT2D eigenvalue weighted by Crippen LogP contribution is 2.29. The van der Waals surface area contributed by atoms with Gasteiger partial charge in [0.25, 0.3) is 5.56 Å². The largest absolute Gasteiger partial charge is 0.433 e. The van der Waals surface area contributed by atoms with Gasteiger partial charge in [0, 0.05) is 12.1 Å². The van der Waals surface area contributed by atoms with Crippen LogP contribution in [0.25, 0.3) is 0 Å². The number of fused-ring (bicyclic) bond motifs is 1. The molecule has 2 aliphatic rings. The molecular weight excluding hydrogens is 351 g/mol. The van der Waals surface area contributed by atoms with E-state index >= 15 is 0 Å². The lowest BCUT2D eigenvalue weighted by Gasteiger charge is -2.21. The molecule has 26 heavy (non-hydrogen) atoms. The molecule has 3 heterocycles. The Bertz CT molecular complexity index is 883. The molecule has 4 rings (SSSR count). The van der Waals surface area contributed by atoms with E-state index in [4.69, 9.17) is 4.74 Å². The van der Waals surface area contributed by atoms with E-state index in [9.17, 15) is 18.0 Å². The van der Waals surface area contributed by atoms with E-state index in [2.05, 4.69) is 20.4 Å². The van der Waals surface area contributed by atoms with Crippen molar-refractivity contribution in [1.29, 1.82) is 0 Å². The summed E-state index contributed by atoms with van der Waals surface area (Å²) in [4.78, 5) is 19.5. The highest BCUT2D eigenvalue weighted by atomic mass is 19.4. The van der Waals surface area contributed by atoms with Gasteiger partial charge in [-0.3, -0.25) is 4.79 Å². The fourth-order valence-electron chi connectivity index (χ4n) is 3.36. The summed E-state index contributed by atoms with van der Waals surface area (Å²) in [6.07, 6.45) is -1.06. The Morgan fingerprint density at radius 3 is 2.85 bits per heavy atom. The number of aromatic nitrogens is 4. The first-order valence-electron chi connectivity index (χ1n) is 8.27. The third-order valence-electron chi connectivity index (χ3n) is 4.64. The zero-order valence-corrected chi connectivity index (χ0v) is 13.7. The van der Waals surface area contributed by atoms with Crippen molar-refractivity contribution in [2.45, 2.75) is 37.5 Å². The van der Waals surface area contributed by atoms with Crippen molar-refractivity contribution in [3.8, 4) is 0 Å². The molecule has 0 bridgehead atoms. The van der Waals surface area contributed by atoms with Crippen LogP contribution in [0.4, 0.5) is 19.0 Å². The number of hydrogen-bond acceptors (Lipinski definition) is 6. The van der Waals surface area contributed by atoms with Crippen molar-refractivity contribution >= 4 is 5.82 Å². The quantitative estimate of drug-likeness (QED) is 0.887. The molecule has 2 atom stereocenters. The van der Waals surface area contributed by atoms with Crippen LogP contribution >= 0.6 is 0 Å². The number of alkyl halides is 3. The first-order valence-corrected chi connectivity index (χ1v) is 8.27. The van der Waals surface area contributed by atoms with E-state index in [1.54, 1.807) is 6.07 Å². The number of aryl methyl sites for hydroxylation is 2. The summed E-state index contributed by atoms with van der Waals surface area (Å²) in [5, 5.41) is 7.38. The van der Waals surface area contributed by atoms with E-state index in [1.807, 2.05) is 0 Å². The Labute approximate surface area is 146 Å². The van der Waals surface area contributed by atoms with Gasteiger partial charge in [-0.15, -0.1) is 0 Å². The van der Waals surface area contributed by atoms with Crippen LogP contribution < -0.4 is 10.9 Å². The van der Waals surface area contributed by atoms with Gasteiger partial charge in [-0.1, -0.05) is 0 Å². The molecule has 10 heteroatoms. The lowest BCUT2D eigenvalue weighted by atomic mass is 10.1. The van der Waals surface area contributed by atoms with E-state index in [1.165, 1.54) is 4.68 Å². The predicted molar refractivity (Wildman–Crippen MR) is 84.8 cm³/mol. The normalized spacial score (nSPS) is 22.4. The third kappa shape index (κ3) is 3.16. The van der Waals surface area contributed by atoms with Gasteiger partial charge < -0.3 is 10.1 Å². The first kappa shape index (κ1) is 17.0. The molecule has 1 aliphatic carbocycles. The molecular formula is C16H16F3N5O2. The van der Waals surface area contributed by atoms with Crippen LogP contribution in [0, 0.1) is 0 Å². The highest BCUT2D eigenvalue weighted by Gasteiger charge is 2.35. The summed E-state index contributed by atoms with van der Waals surface area (Å²) in [6, 6.07) is 1.60. The molecule has 0 amide bonds. The number of anilines is 1. The number of nitrogens with zero attached hydrogens (tertiary/aromatic N) is 4. The van der Waals surface area contributed by atoms with Crippen LogP contribution in [-0.2, 0) is 23.8 Å². The van der Waals surface area contributed by atoms with Gasteiger partial charge in [-0.2, -0.15) is 18.3 Å². The number of ether oxygens (including phenoxy) is 1. The van der Waals surface area contributed by atoms with Crippen LogP contribution in [0.3, 0.4) is 0 Å². The van der Waals surface area contributed by atoms with Gasteiger partial charge in [0.05, 0.1) is 24.9 Å². The van der Waals surface area contributed by atoms with Crippen molar-refractivity contribution < 1.29 is 17.9 Å². The van der Waals surface area contributed by atoms with Crippen molar-refractivity contribution in [2.24, 2.45) is 0 Å². The van der Waals surface area contributed by atoms with E-state index in [0.29, 0.717) is 0 Å². The van der Waals surface area contributed by atoms with Gasteiger partial charge in [-0.05, 0) is 24.8 Å². The van der Waals surface area contributed by atoms with Crippen LogP contribution in [0.2, 0.25) is 0 Å². The average molecular weight is 367 g/mol. The molecule has 2 aromatic heterocycles. The second-order valence-corrected chi connectivity index (χ2v) is 6.39. The van der Waals surface area contributed by atoms with Crippen molar-refractivity contribution in [1.82, 2.24) is 19.7 Å². The summed E-state index contributed by atoms with van der Waals surface area (Å²) in [6.45, 7) is 0.488. The molecule has 2 unspecified atom stereocenters. The minimum absolute atomic E-state index is 0.0297. The lowest BCUT2D eigenvalue weighted by molar-refractivity contribution is -0.141. The van der Waals surface area contributed by atoms with Crippen LogP contribution in [0.5, 0.6) is 0 Å². The average Bonchev–Trinajstić information content (AvgIpc) is 3.22. The zero-order chi connectivity index (χ0) is 18.3. The molecule has 1 aliphatic heterocycles. The van der Waals surface area contributed by atoms with Crippen molar-refractivity contribution in [3.05, 3.63) is 45.8 Å². The van der Waals surface area contributed by atoms with Crippen LogP contribution in [-0.4, -0.2) is 39.0 Å². The number of rotatable bonds is 3. The summed E-state index contributed by atoms with van der Waals surface area (Å²) >= 11 is 0. The second-order valence-electron chi connectivity index (χ2n) is 6.39. The fourth-order valence-corrected chi connectivity index (χ4v) is 3.36. The Kier molecular flexibility index (Phi) is 4.14. The molecule has 138 valence electrons.